The van der Waals surface area contributed by atoms with Crippen molar-refractivity contribution in [2.24, 2.45) is 0 Å². The van der Waals surface area contributed by atoms with Gasteiger partial charge in [-0.25, -0.2) is 0 Å². The minimum atomic E-state index is 0.232. The average molecular weight is 208 g/mol. The second-order valence-electron chi connectivity index (χ2n) is 3.05. The summed E-state index contributed by atoms with van der Waals surface area (Å²) in [5.41, 5.74) is 1.18. The smallest absolute Gasteiger partial charge is 0.130 e. The van der Waals surface area contributed by atoms with E-state index in [1.54, 1.807) is 14.0 Å². The molecular formula is C13H20O2. The highest BCUT2D eigenvalue weighted by atomic mass is 16.5. The summed E-state index contributed by atoms with van der Waals surface area (Å²) in [6.45, 7) is 5.61. The quantitative estimate of drug-likeness (QED) is 0.759. The molecule has 0 N–H and O–H groups in total. The molecule has 0 aliphatic rings. The number of ether oxygens (including phenoxy) is 1. The predicted octanol–water partition coefficient (Wildman–Crippen LogP) is 3.24. The molecule has 0 amide bonds. The normalized spacial score (nSPS) is 8.80. The first-order chi connectivity index (χ1) is 7.22. The van der Waals surface area contributed by atoms with E-state index in [0.717, 1.165) is 12.2 Å². The SMILES string of the molecule is CC.COc1ccc(CCC(C)=O)cc1. The number of Topliss-reactive ketones (excluding diaryl/α,β-unsaturated/α-hetero) is 1. The van der Waals surface area contributed by atoms with Crippen molar-refractivity contribution in [3.8, 4) is 5.75 Å². The van der Waals surface area contributed by atoms with Crippen LogP contribution in [0.2, 0.25) is 0 Å². The van der Waals surface area contributed by atoms with Gasteiger partial charge in [0.05, 0.1) is 7.11 Å². The van der Waals surface area contributed by atoms with Crippen LogP contribution in [0.5, 0.6) is 5.75 Å². The molecule has 0 aliphatic heterocycles. The highest BCUT2D eigenvalue weighted by molar-refractivity contribution is 5.75. The molecule has 2 nitrogen and oxygen atoms in total. The van der Waals surface area contributed by atoms with E-state index in [2.05, 4.69) is 0 Å². The van der Waals surface area contributed by atoms with Crippen molar-refractivity contribution in [2.75, 3.05) is 7.11 Å². The van der Waals surface area contributed by atoms with E-state index >= 15 is 0 Å². The van der Waals surface area contributed by atoms with Crippen LogP contribution in [0.3, 0.4) is 0 Å². The van der Waals surface area contributed by atoms with Crippen molar-refractivity contribution in [3.63, 3.8) is 0 Å². The first-order valence-corrected chi connectivity index (χ1v) is 5.34. The molecule has 1 aromatic rings. The van der Waals surface area contributed by atoms with Gasteiger partial charge in [0.1, 0.15) is 11.5 Å². The lowest BCUT2D eigenvalue weighted by Gasteiger charge is -2.01. The van der Waals surface area contributed by atoms with Gasteiger partial charge in [0.25, 0.3) is 0 Å². The topological polar surface area (TPSA) is 26.3 Å². The fraction of sp³-hybridized carbons (Fsp3) is 0.462. The zero-order valence-corrected chi connectivity index (χ0v) is 10.0. The van der Waals surface area contributed by atoms with Gasteiger partial charge in [0, 0.05) is 6.42 Å². The van der Waals surface area contributed by atoms with Gasteiger partial charge < -0.3 is 9.53 Å². The van der Waals surface area contributed by atoms with Gasteiger partial charge in [-0.3, -0.25) is 0 Å². The molecule has 1 rings (SSSR count). The summed E-state index contributed by atoms with van der Waals surface area (Å²) >= 11 is 0. The zero-order chi connectivity index (χ0) is 11.7. The monoisotopic (exact) mass is 208 g/mol. The minimum Gasteiger partial charge on any atom is -0.497 e. The van der Waals surface area contributed by atoms with Crippen LogP contribution in [0.25, 0.3) is 0 Å². The van der Waals surface area contributed by atoms with E-state index < -0.39 is 0 Å². The Kier molecular flexibility index (Phi) is 7.33. The summed E-state index contributed by atoms with van der Waals surface area (Å²) in [5, 5.41) is 0. The minimum absolute atomic E-state index is 0.232. The van der Waals surface area contributed by atoms with E-state index in [1.165, 1.54) is 5.56 Å². The third kappa shape index (κ3) is 5.89. The molecule has 0 bridgehead atoms. The van der Waals surface area contributed by atoms with Crippen LogP contribution < -0.4 is 4.74 Å². The largest absolute Gasteiger partial charge is 0.497 e. The maximum absolute atomic E-state index is 10.7. The standard InChI is InChI=1S/C11H14O2.C2H6/c1-9(12)3-4-10-5-7-11(13-2)8-6-10;1-2/h5-8H,3-4H2,1-2H3;1-2H3. The molecule has 0 unspecified atom stereocenters. The van der Waals surface area contributed by atoms with Crippen molar-refractivity contribution in [1.82, 2.24) is 0 Å². The molecule has 0 atom stereocenters. The van der Waals surface area contributed by atoms with Gasteiger partial charge in [0.2, 0.25) is 0 Å². The number of benzene rings is 1. The summed E-state index contributed by atoms with van der Waals surface area (Å²) in [5.74, 6) is 1.09. The third-order valence-corrected chi connectivity index (χ3v) is 1.92. The predicted molar refractivity (Wildman–Crippen MR) is 63.3 cm³/mol. The molecule has 0 radical (unpaired) electrons. The molecule has 1 aromatic carbocycles. The third-order valence-electron chi connectivity index (χ3n) is 1.92. The van der Waals surface area contributed by atoms with E-state index in [9.17, 15) is 4.79 Å². The van der Waals surface area contributed by atoms with E-state index in [4.69, 9.17) is 4.74 Å². The fourth-order valence-electron chi connectivity index (χ4n) is 1.11. The molecular weight excluding hydrogens is 188 g/mol. The highest BCUT2D eigenvalue weighted by Crippen LogP contribution is 2.12. The van der Waals surface area contributed by atoms with Crippen LogP contribution >= 0.6 is 0 Å². The Morgan fingerprint density at radius 1 is 1.20 bits per heavy atom. The van der Waals surface area contributed by atoms with Crippen LogP contribution in [0, 0.1) is 0 Å². The lowest BCUT2D eigenvalue weighted by atomic mass is 10.1. The second kappa shape index (κ2) is 8.04. The van der Waals surface area contributed by atoms with Crippen LogP contribution in [-0.4, -0.2) is 12.9 Å². The first-order valence-electron chi connectivity index (χ1n) is 5.34. The van der Waals surface area contributed by atoms with Crippen LogP contribution in [-0.2, 0) is 11.2 Å². The van der Waals surface area contributed by atoms with Crippen molar-refractivity contribution < 1.29 is 9.53 Å². The fourth-order valence-corrected chi connectivity index (χ4v) is 1.11. The summed E-state index contributed by atoms with van der Waals surface area (Å²) in [6, 6.07) is 7.80. The number of ketones is 1. The molecule has 0 heterocycles. The van der Waals surface area contributed by atoms with E-state index in [-0.39, 0.29) is 5.78 Å². The summed E-state index contributed by atoms with van der Waals surface area (Å²) < 4.78 is 5.03. The molecule has 15 heavy (non-hydrogen) atoms. The van der Waals surface area contributed by atoms with Gasteiger partial charge in [-0.2, -0.15) is 0 Å². The van der Waals surface area contributed by atoms with E-state index in [1.807, 2.05) is 38.1 Å². The van der Waals surface area contributed by atoms with Gasteiger partial charge >= 0.3 is 0 Å². The molecule has 0 aliphatic carbocycles. The molecule has 0 fully saturated rings. The Morgan fingerprint density at radius 2 is 1.73 bits per heavy atom. The number of hydrogen-bond acceptors (Lipinski definition) is 2. The Bertz CT molecular complexity index is 275. The Hall–Kier alpha value is -1.31. The average Bonchev–Trinajstić information content (AvgIpc) is 2.30. The maximum atomic E-state index is 10.7. The van der Waals surface area contributed by atoms with Crippen molar-refractivity contribution >= 4 is 5.78 Å². The van der Waals surface area contributed by atoms with Gasteiger partial charge in [-0.05, 0) is 31.0 Å². The van der Waals surface area contributed by atoms with Gasteiger partial charge in [0.15, 0.2) is 0 Å². The van der Waals surface area contributed by atoms with Crippen LogP contribution in [0.4, 0.5) is 0 Å². The Balaban J connectivity index is 0.000000921. The van der Waals surface area contributed by atoms with Gasteiger partial charge in [-0.1, -0.05) is 26.0 Å². The summed E-state index contributed by atoms with van der Waals surface area (Å²) in [4.78, 5) is 10.7. The number of hydrogen-bond donors (Lipinski definition) is 0. The summed E-state index contributed by atoms with van der Waals surface area (Å²) in [6.07, 6.45) is 1.44. The lowest BCUT2D eigenvalue weighted by molar-refractivity contribution is -0.116. The molecule has 0 saturated heterocycles. The molecule has 0 saturated carbocycles. The molecule has 2 heteroatoms. The number of rotatable bonds is 4. The molecule has 84 valence electrons. The highest BCUT2D eigenvalue weighted by Gasteiger charge is 1.96. The lowest BCUT2D eigenvalue weighted by Crippen LogP contribution is -1.93. The number of carbonyl (C=O) groups is 1. The Labute approximate surface area is 92.3 Å². The first kappa shape index (κ1) is 13.7. The number of methoxy groups -OCH3 is 1. The maximum Gasteiger partial charge on any atom is 0.130 e. The molecule has 0 spiro atoms. The van der Waals surface area contributed by atoms with Crippen molar-refractivity contribution in [3.05, 3.63) is 29.8 Å². The van der Waals surface area contributed by atoms with Crippen LogP contribution in [0.1, 0.15) is 32.8 Å². The Morgan fingerprint density at radius 3 is 2.13 bits per heavy atom. The van der Waals surface area contributed by atoms with Crippen LogP contribution in [0.15, 0.2) is 24.3 Å². The van der Waals surface area contributed by atoms with Gasteiger partial charge in [-0.15, -0.1) is 0 Å². The zero-order valence-electron chi connectivity index (χ0n) is 10.0. The van der Waals surface area contributed by atoms with Crippen molar-refractivity contribution in [2.45, 2.75) is 33.6 Å². The second-order valence-corrected chi connectivity index (χ2v) is 3.05. The summed E-state index contributed by atoms with van der Waals surface area (Å²) in [7, 11) is 1.64. The molecule has 0 aromatic heterocycles. The number of carbonyl (C=O) groups excluding carboxylic acids is 1. The number of aryl methyl sites for hydroxylation is 1. The van der Waals surface area contributed by atoms with Crippen molar-refractivity contribution in [1.29, 1.82) is 0 Å². The van der Waals surface area contributed by atoms with E-state index in [0.29, 0.717) is 6.42 Å².